The summed E-state index contributed by atoms with van der Waals surface area (Å²) in [5, 5.41) is 2.17. The van der Waals surface area contributed by atoms with E-state index >= 15 is 0 Å². The van der Waals surface area contributed by atoms with Gasteiger partial charge < -0.3 is 18.9 Å². The SMILES string of the molecule is Cc1ccc2cccc(OCC3CO3)c2c1OCC1CO1. The van der Waals surface area contributed by atoms with E-state index in [1.165, 1.54) is 0 Å². The van der Waals surface area contributed by atoms with Crippen LogP contribution >= 0.6 is 0 Å². The molecule has 2 aliphatic rings. The van der Waals surface area contributed by atoms with Crippen LogP contribution in [0.5, 0.6) is 11.5 Å². The number of benzene rings is 2. The van der Waals surface area contributed by atoms with Crippen molar-refractivity contribution in [1.82, 2.24) is 0 Å². The number of aryl methyl sites for hydroxylation is 1. The van der Waals surface area contributed by atoms with E-state index in [1.54, 1.807) is 0 Å². The minimum atomic E-state index is 0.243. The van der Waals surface area contributed by atoms with Gasteiger partial charge in [0.15, 0.2) is 0 Å². The van der Waals surface area contributed by atoms with E-state index in [9.17, 15) is 0 Å². The molecular weight excluding hydrogens is 268 g/mol. The van der Waals surface area contributed by atoms with E-state index in [0.29, 0.717) is 13.2 Å². The van der Waals surface area contributed by atoms with Crippen molar-refractivity contribution in [3.05, 3.63) is 35.9 Å². The van der Waals surface area contributed by atoms with Gasteiger partial charge in [-0.2, -0.15) is 0 Å². The molecule has 2 fully saturated rings. The largest absolute Gasteiger partial charge is 0.490 e. The molecule has 0 saturated carbocycles. The van der Waals surface area contributed by atoms with Gasteiger partial charge in [-0.15, -0.1) is 0 Å². The molecule has 0 bridgehead atoms. The van der Waals surface area contributed by atoms with Crippen molar-refractivity contribution in [2.45, 2.75) is 19.1 Å². The van der Waals surface area contributed by atoms with E-state index in [2.05, 4.69) is 25.1 Å². The quantitative estimate of drug-likeness (QED) is 0.766. The van der Waals surface area contributed by atoms with Gasteiger partial charge in [0, 0.05) is 0 Å². The Balaban J connectivity index is 1.70. The zero-order chi connectivity index (χ0) is 14.2. The van der Waals surface area contributed by atoms with Gasteiger partial charge in [-0.3, -0.25) is 0 Å². The maximum atomic E-state index is 6.00. The van der Waals surface area contributed by atoms with E-state index < -0.39 is 0 Å². The van der Waals surface area contributed by atoms with Crippen LogP contribution in [0.25, 0.3) is 10.8 Å². The van der Waals surface area contributed by atoms with Crippen LogP contribution in [-0.4, -0.2) is 38.6 Å². The topological polar surface area (TPSA) is 43.5 Å². The normalized spacial score (nSPS) is 23.1. The molecular formula is C17H18O4. The second-order valence-electron chi connectivity index (χ2n) is 5.60. The number of hydrogen-bond donors (Lipinski definition) is 0. The van der Waals surface area contributed by atoms with Crippen LogP contribution in [0.15, 0.2) is 30.3 Å². The standard InChI is InChI=1S/C17H18O4/c1-11-5-6-12-3-2-4-15(20-9-13-7-18-13)16(12)17(11)21-10-14-8-19-14/h2-6,13-14H,7-10H2,1H3. The van der Waals surface area contributed by atoms with Crippen LogP contribution < -0.4 is 9.47 Å². The lowest BCUT2D eigenvalue weighted by atomic mass is 10.0. The van der Waals surface area contributed by atoms with Crippen molar-refractivity contribution < 1.29 is 18.9 Å². The summed E-state index contributed by atoms with van der Waals surface area (Å²) in [5.74, 6) is 1.76. The summed E-state index contributed by atoms with van der Waals surface area (Å²) in [4.78, 5) is 0. The number of epoxide rings is 2. The van der Waals surface area contributed by atoms with Crippen LogP contribution in [-0.2, 0) is 9.47 Å². The van der Waals surface area contributed by atoms with Crippen molar-refractivity contribution in [3.63, 3.8) is 0 Å². The van der Waals surface area contributed by atoms with E-state index in [0.717, 1.165) is 41.0 Å². The molecule has 2 atom stereocenters. The fraction of sp³-hybridized carbons (Fsp3) is 0.412. The van der Waals surface area contributed by atoms with Gasteiger partial charge in [-0.25, -0.2) is 0 Å². The fourth-order valence-electron chi connectivity index (χ4n) is 2.41. The van der Waals surface area contributed by atoms with Crippen molar-refractivity contribution in [2.75, 3.05) is 26.4 Å². The predicted octanol–water partition coefficient (Wildman–Crippen LogP) is 2.70. The highest BCUT2D eigenvalue weighted by atomic mass is 16.6. The molecule has 4 heteroatoms. The Morgan fingerprint density at radius 2 is 1.71 bits per heavy atom. The van der Waals surface area contributed by atoms with Gasteiger partial charge in [0.05, 0.1) is 18.6 Å². The number of ether oxygens (including phenoxy) is 4. The lowest BCUT2D eigenvalue weighted by Crippen LogP contribution is -2.07. The minimum Gasteiger partial charge on any atom is -0.490 e. The lowest BCUT2D eigenvalue weighted by Gasteiger charge is -2.15. The smallest absolute Gasteiger partial charge is 0.133 e. The Morgan fingerprint density at radius 1 is 1.00 bits per heavy atom. The summed E-state index contributed by atoms with van der Waals surface area (Å²) in [7, 11) is 0. The summed E-state index contributed by atoms with van der Waals surface area (Å²) < 4.78 is 22.4. The maximum absolute atomic E-state index is 6.00. The molecule has 2 heterocycles. The Labute approximate surface area is 123 Å². The summed E-state index contributed by atoms with van der Waals surface area (Å²) in [6.45, 7) is 4.85. The van der Waals surface area contributed by atoms with Gasteiger partial charge in [0.1, 0.15) is 36.9 Å². The van der Waals surface area contributed by atoms with Crippen molar-refractivity contribution >= 4 is 10.8 Å². The van der Waals surface area contributed by atoms with Crippen LogP contribution in [0.4, 0.5) is 0 Å². The first-order valence-corrected chi connectivity index (χ1v) is 7.32. The highest BCUT2D eigenvalue weighted by Gasteiger charge is 2.25. The molecule has 2 aliphatic heterocycles. The monoisotopic (exact) mass is 286 g/mol. The van der Waals surface area contributed by atoms with E-state index in [1.807, 2.05) is 12.1 Å². The molecule has 21 heavy (non-hydrogen) atoms. The van der Waals surface area contributed by atoms with E-state index in [-0.39, 0.29) is 12.2 Å². The Kier molecular flexibility index (Phi) is 3.20. The third-order valence-electron chi connectivity index (χ3n) is 3.80. The third kappa shape index (κ3) is 2.82. The second-order valence-corrected chi connectivity index (χ2v) is 5.60. The number of hydrogen-bond acceptors (Lipinski definition) is 4. The molecule has 0 amide bonds. The van der Waals surface area contributed by atoms with Crippen molar-refractivity contribution in [1.29, 1.82) is 0 Å². The van der Waals surface area contributed by atoms with Crippen LogP contribution in [0.2, 0.25) is 0 Å². The first kappa shape index (κ1) is 12.9. The second kappa shape index (κ2) is 5.20. The molecule has 0 aliphatic carbocycles. The predicted molar refractivity (Wildman–Crippen MR) is 79.2 cm³/mol. The Bertz CT molecular complexity index is 659. The van der Waals surface area contributed by atoms with Crippen molar-refractivity contribution in [2.24, 2.45) is 0 Å². The molecule has 2 saturated heterocycles. The Morgan fingerprint density at radius 3 is 2.43 bits per heavy atom. The summed E-state index contributed by atoms with van der Waals surface area (Å²) >= 11 is 0. The minimum absolute atomic E-state index is 0.243. The molecule has 0 aromatic heterocycles. The van der Waals surface area contributed by atoms with Gasteiger partial charge >= 0.3 is 0 Å². The lowest BCUT2D eigenvalue weighted by molar-refractivity contribution is 0.257. The first-order valence-electron chi connectivity index (χ1n) is 7.32. The maximum Gasteiger partial charge on any atom is 0.133 e. The van der Waals surface area contributed by atoms with Crippen molar-refractivity contribution in [3.8, 4) is 11.5 Å². The van der Waals surface area contributed by atoms with Gasteiger partial charge in [-0.1, -0.05) is 24.3 Å². The molecule has 110 valence electrons. The molecule has 2 unspecified atom stereocenters. The molecule has 4 nitrogen and oxygen atoms in total. The molecule has 0 spiro atoms. The Hall–Kier alpha value is -1.78. The number of fused-ring (bicyclic) bond motifs is 1. The average Bonchev–Trinajstić information content (AvgIpc) is 3.37. The van der Waals surface area contributed by atoms with E-state index in [4.69, 9.17) is 18.9 Å². The molecule has 4 rings (SSSR count). The zero-order valence-corrected chi connectivity index (χ0v) is 12.0. The summed E-state index contributed by atoms with van der Waals surface area (Å²) in [6, 6.07) is 10.3. The van der Waals surface area contributed by atoms with Crippen LogP contribution in [0.1, 0.15) is 5.56 Å². The average molecular weight is 286 g/mol. The third-order valence-corrected chi connectivity index (χ3v) is 3.80. The molecule has 0 radical (unpaired) electrons. The molecule has 2 aromatic carbocycles. The molecule has 2 aromatic rings. The first-order chi connectivity index (χ1) is 10.3. The summed E-state index contributed by atoms with van der Waals surface area (Å²) in [6.07, 6.45) is 0.488. The fourth-order valence-corrected chi connectivity index (χ4v) is 2.41. The van der Waals surface area contributed by atoms with Gasteiger partial charge in [-0.05, 0) is 23.9 Å². The highest BCUT2D eigenvalue weighted by molar-refractivity contribution is 5.94. The van der Waals surface area contributed by atoms with Gasteiger partial charge in [0.2, 0.25) is 0 Å². The summed E-state index contributed by atoms with van der Waals surface area (Å²) in [5.41, 5.74) is 1.11. The zero-order valence-electron chi connectivity index (χ0n) is 12.0. The highest BCUT2D eigenvalue weighted by Crippen LogP contribution is 2.37. The van der Waals surface area contributed by atoms with Gasteiger partial charge in [0.25, 0.3) is 0 Å². The number of rotatable bonds is 6. The van der Waals surface area contributed by atoms with Crippen LogP contribution in [0, 0.1) is 6.92 Å². The van der Waals surface area contributed by atoms with Crippen LogP contribution in [0.3, 0.4) is 0 Å². The molecule has 0 N–H and O–H groups in total.